The number of rotatable bonds is 23. The molecule has 2 aliphatic heterocycles. The van der Waals surface area contributed by atoms with Crippen molar-refractivity contribution in [2.75, 3.05) is 19.6 Å². The molecule has 0 aliphatic carbocycles. The first-order chi connectivity index (χ1) is 33.2. The summed E-state index contributed by atoms with van der Waals surface area (Å²) in [5, 5.41) is 25.5. The number of fused-ring (bicyclic) bond motifs is 1. The fraction of sp³-hybridized carbons (Fsp3) is 0.500. The maximum atomic E-state index is 14.5. The molecule has 0 saturated carbocycles. The lowest BCUT2D eigenvalue weighted by atomic mass is 10.0. The second kappa shape index (κ2) is 24.8. The quantitative estimate of drug-likeness (QED) is 0.0539. The van der Waals surface area contributed by atoms with E-state index in [2.05, 4.69) is 36.9 Å². The Kier molecular flexibility index (Phi) is 19.0. The van der Waals surface area contributed by atoms with Gasteiger partial charge < -0.3 is 63.3 Å². The van der Waals surface area contributed by atoms with Gasteiger partial charge in [0.2, 0.25) is 53.2 Å². The summed E-state index contributed by atoms with van der Waals surface area (Å²) in [6.45, 7) is 6.13. The molecule has 8 atom stereocenters. The Morgan fingerprint density at radius 1 is 0.686 bits per heavy atom. The van der Waals surface area contributed by atoms with Gasteiger partial charge in [0.1, 0.15) is 42.3 Å². The van der Waals surface area contributed by atoms with E-state index in [1.165, 1.54) is 23.6 Å². The summed E-state index contributed by atoms with van der Waals surface area (Å²) in [7, 11) is 0. The second-order valence-corrected chi connectivity index (χ2v) is 18.3. The SMILES string of the molecule is CC(C)C[C@H](NC(=O)[C@H](C)NC(=O)[C@@H]1CCCN1C(=O)[C@H](Cc1c[nH]c2ccccc12)NC(=O)[C@H](CC(N)=O)NC(=O)CNC(=O)[C@@H]1CCCN1C(=O)[C@H](C)NC(=O)[C@@H](N)Cc1ccccc1)C(=O)O. The minimum Gasteiger partial charge on any atom is -0.480 e. The zero-order valence-corrected chi connectivity index (χ0v) is 39.8. The van der Waals surface area contributed by atoms with Crippen molar-refractivity contribution in [2.24, 2.45) is 17.4 Å². The van der Waals surface area contributed by atoms with Gasteiger partial charge in [-0.3, -0.25) is 43.2 Å². The van der Waals surface area contributed by atoms with Crippen LogP contribution >= 0.6 is 0 Å². The van der Waals surface area contributed by atoms with E-state index in [1.54, 1.807) is 26.1 Å². The van der Waals surface area contributed by atoms with Crippen molar-refractivity contribution >= 4 is 70.0 Å². The molecule has 1 aromatic heterocycles. The first-order valence-corrected chi connectivity index (χ1v) is 23.5. The zero-order valence-electron chi connectivity index (χ0n) is 39.8. The number of amides is 9. The molecule has 2 fully saturated rings. The van der Waals surface area contributed by atoms with Gasteiger partial charge in [0.25, 0.3) is 0 Å². The predicted octanol–water partition coefficient (Wildman–Crippen LogP) is -1.15. The van der Waals surface area contributed by atoms with Gasteiger partial charge in [0.15, 0.2) is 0 Å². The average Bonchev–Trinajstić information content (AvgIpc) is 4.11. The first kappa shape index (κ1) is 53.6. The van der Waals surface area contributed by atoms with E-state index in [4.69, 9.17) is 11.5 Å². The number of primary amides is 1. The van der Waals surface area contributed by atoms with Gasteiger partial charge in [-0.25, -0.2) is 4.79 Å². The Morgan fingerprint density at radius 2 is 1.30 bits per heavy atom. The number of nitrogens with zero attached hydrogens (tertiary/aromatic N) is 2. The average molecular weight is 972 g/mol. The molecular formula is C48H65N11O11. The monoisotopic (exact) mass is 971 g/mol. The molecule has 2 aliphatic rings. The lowest BCUT2D eigenvalue weighted by Crippen LogP contribution is -2.59. The Labute approximate surface area is 405 Å². The van der Waals surface area contributed by atoms with Crippen molar-refractivity contribution in [1.29, 1.82) is 0 Å². The van der Waals surface area contributed by atoms with Gasteiger partial charge >= 0.3 is 5.97 Å². The second-order valence-electron chi connectivity index (χ2n) is 18.3. The van der Waals surface area contributed by atoms with Crippen LogP contribution in [0.4, 0.5) is 0 Å². The Balaban J connectivity index is 1.23. The molecular weight excluding hydrogens is 907 g/mol. The summed E-state index contributed by atoms with van der Waals surface area (Å²) in [6, 6.07) is 7.04. The van der Waals surface area contributed by atoms with Gasteiger partial charge in [0, 0.05) is 36.6 Å². The normalized spacial score (nSPS) is 18.1. The topological polar surface area (TPSA) is 337 Å². The van der Waals surface area contributed by atoms with Crippen LogP contribution < -0.4 is 43.4 Å². The molecule has 5 rings (SSSR count). The lowest BCUT2D eigenvalue weighted by Gasteiger charge is -2.30. The molecule has 0 unspecified atom stereocenters. The summed E-state index contributed by atoms with van der Waals surface area (Å²) in [5.74, 6) is -7.92. The molecule has 0 spiro atoms. The molecule has 12 N–H and O–H groups in total. The number of para-hydroxylation sites is 1. The third kappa shape index (κ3) is 14.6. The Hall–Kier alpha value is -7.36. The fourth-order valence-electron chi connectivity index (χ4n) is 8.70. The van der Waals surface area contributed by atoms with Crippen LogP contribution in [-0.2, 0) is 60.8 Å². The molecule has 0 bridgehead atoms. The van der Waals surface area contributed by atoms with Crippen LogP contribution in [0.1, 0.15) is 77.3 Å². The van der Waals surface area contributed by atoms with Crippen LogP contribution in [0.25, 0.3) is 10.9 Å². The number of hydrogen-bond donors (Lipinski definition) is 10. The number of nitrogens with two attached hydrogens (primary N) is 2. The van der Waals surface area contributed by atoms with Crippen LogP contribution in [0.15, 0.2) is 60.8 Å². The molecule has 70 heavy (non-hydrogen) atoms. The number of carboxylic acids is 1. The first-order valence-electron chi connectivity index (χ1n) is 23.5. The number of carbonyl (C=O) groups is 10. The number of carboxylic acid groups (broad SMARTS) is 1. The van der Waals surface area contributed by atoms with E-state index >= 15 is 0 Å². The van der Waals surface area contributed by atoms with E-state index in [1.807, 2.05) is 48.5 Å². The number of H-pyrrole nitrogens is 1. The van der Waals surface area contributed by atoms with Crippen molar-refractivity contribution in [3.8, 4) is 0 Å². The summed E-state index contributed by atoms with van der Waals surface area (Å²) in [6.07, 6.45) is 2.62. The molecule has 3 heterocycles. The Bertz CT molecular complexity index is 2410. The number of benzene rings is 2. The van der Waals surface area contributed by atoms with Crippen LogP contribution in [0.5, 0.6) is 0 Å². The third-order valence-corrected chi connectivity index (χ3v) is 12.3. The molecule has 2 saturated heterocycles. The minimum absolute atomic E-state index is 0.0410. The molecule has 2 aromatic carbocycles. The van der Waals surface area contributed by atoms with E-state index in [9.17, 15) is 53.1 Å². The van der Waals surface area contributed by atoms with Crippen molar-refractivity contribution in [3.63, 3.8) is 0 Å². The highest BCUT2D eigenvalue weighted by atomic mass is 16.4. The van der Waals surface area contributed by atoms with Crippen LogP contribution in [0.2, 0.25) is 0 Å². The number of nitrogens with one attached hydrogen (secondary N) is 7. The molecule has 22 heteroatoms. The van der Waals surface area contributed by atoms with Crippen molar-refractivity contribution in [1.82, 2.24) is 46.7 Å². The van der Waals surface area contributed by atoms with Gasteiger partial charge in [-0.05, 0) is 75.5 Å². The minimum atomic E-state index is -1.62. The summed E-state index contributed by atoms with van der Waals surface area (Å²) >= 11 is 0. The summed E-state index contributed by atoms with van der Waals surface area (Å²) in [5.41, 5.74) is 13.8. The van der Waals surface area contributed by atoms with E-state index in [0.29, 0.717) is 18.4 Å². The molecule has 378 valence electrons. The van der Waals surface area contributed by atoms with Gasteiger partial charge in [0.05, 0.1) is 19.0 Å². The van der Waals surface area contributed by atoms with Gasteiger partial charge in [-0.1, -0.05) is 62.4 Å². The lowest BCUT2D eigenvalue weighted by molar-refractivity contribution is -0.143. The van der Waals surface area contributed by atoms with Crippen molar-refractivity contribution in [3.05, 3.63) is 71.9 Å². The standard InChI is InChI=1S/C48H65N11O11/c1-26(2)20-36(48(69)70)57-41(62)27(3)53-45(66)38-17-11-19-59(38)47(68)35(22-30-24-51-33-15-9-8-14-31(30)33)56-43(64)34(23-39(50)60)55-40(61)25-52-44(65)37-16-10-18-58(37)46(67)28(4)54-42(63)32(49)21-29-12-6-5-7-13-29/h5-9,12-15,24,26-28,32,34-38,51H,10-11,16-23,25,49H2,1-4H3,(H2,50,60)(H,52,65)(H,53,66)(H,54,63)(H,55,61)(H,56,64)(H,57,62)(H,69,70)/t27-,28-,32-,34-,35-,36-,37-,38-/m0/s1. The van der Waals surface area contributed by atoms with Crippen LogP contribution in [-0.4, -0.2) is 147 Å². The van der Waals surface area contributed by atoms with E-state index in [0.717, 1.165) is 16.5 Å². The third-order valence-electron chi connectivity index (χ3n) is 12.3. The Morgan fingerprint density at radius 3 is 1.94 bits per heavy atom. The van der Waals surface area contributed by atoms with Crippen molar-refractivity contribution in [2.45, 2.75) is 127 Å². The van der Waals surface area contributed by atoms with Gasteiger partial charge in [-0.15, -0.1) is 0 Å². The fourth-order valence-corrected chi connectivity index (χ4v) is 8.70. The maximum absolute atomic E-state index is 14.5. The number of likely N-dealkylation sites (tertiary alicyclic amines) is 2. The highest BCUT2D eigenvalue weighted by molar-refractivity contribution is 5.99. The number of aromatic nitrogens is 1. The highest BCUT2D eigenvalue weighted by Crippen LogP contribution is 2.24. The smallest absolute Gasteiger partial charge is 0.326 e. The molecule has 0 radical (unpaired) electrons. The van der Waals surface area contributed by atoms with Crippen LogP contribution in [0, 0.1) is 5.92 Å². The number of aliphatic carboxylic acids is 1. The maximum Gasteiger partial charge on any atom is 0.326 e. The zero-order chi connectivity index (χ0) is 51.2. The van der Waals surface area contributed by atoms with Gasteiger partial charge in [-0.2, -0.15) is 0 Å². The number of aromatic amines is 1. The highest BCUT2D eigenvalue weighted by Gasteiger charge is 2.41. The number of carbonyl (C=O) groups excluding carboxylic acids is 9. The molecule has 22 nitrogen and oxygen atoms in total. The van der Waals surface area contributed by atoms with Crippen molar-refractivity contribution < 1.29 is 53.1 Å². The van der Waals surface area contributed by atoms with E-state index in [-0.39, 0.29) is 51.1 Å². The predicted molar refractivity (Wildman–Crippen MR) is 255 cm³/mol. The largest absolute Gasteiger partial charge is 0.480 e. The molecule has 9 amide bonds. The van der Waals surface area contributed by atoms with Crippen LogP contribution in [0.3, 0.4) is 0 Å². The number of hydrogen-bond acceptors (Lipinski definition) is 11. The summed E-state index contributed by atoms with van der Waals surface area (Å²) in [4.78, 5) is 138. The molecule has 3 aromatic rings. The summed E-state index contributed by atoms with van der Waals surface area (Å²) < 4.78 is 0. The van der Waals surface area contributed by atoms with E-state index < -0.39 is 120 Å².